The molecule has 0 aliphatic carbocycles. The lowest BCUT2D eigenvalue weighted by atomic mass is 10.3. The van der Waals surface area contributed by atoms with Gasteiger partial charge in [0.1, 0.15) is 0 Å². The summed E-state index contributed by atoms with van der Waals surface area (Å²) >= 11 is 7.19. The standard InChI is InChI=1S/C9H21N2OPS2/c1-5-10-8-11-13(14,12-6-2)15-7-9(3)4/h8-9H,5-7H2,1-4H3,(H,10,11,14). The number of hydrogen-bond acceptors (Lipinski definition) is 4. The Kier molecular flexibility index (Phi) is 8.81. The Morgan fingerprint density at radius 3 is 2.67 bits per heavy atom. The summed E-state index contributed by atoms with van der Waals surface area (Å²) in [6, 6.07) is 0. The van der Waals surface area contributed by atoms with Crippen molar-refractivity contribution in [1.82, 2.24) is 5.09 Å². The highest BCUT2D eigenvalue weighted by atomic mass is 32.9. The zero-order chi connectivity index (χ0) is 11.7. The molecular weight excluding hydrogens is 247 g/mol. The zero-order valence-electron chi connectivity index (χ0n) is 9.90. The fourth-order valence-corrected chi connectivity index (χ4v) is 5.41. The van der Waals surface area contributed by atoms with E-state index < -0.39 is 5.62 Å². The van der Waals surface area contributed by atoms with Gasteiger partial charge in [0.05, 0.1) is 12.9 Å². The van der Waals surface area contributed by atoms with E-state index in [4.69, 9.17) is 16.3 Å². The summed E-state index contributed by atoms with van der Waals surface area (Å²) in [7, 11) is 0. The summed E-state index contributed by atoms with van der Waals surface area (Å²) < 4.78 is 5.61. The molecule has 0 aromatic carbocycles. The van der Waals surface area contributed by atoms with Crippen molar-refractivity contribution in [2.45, 2.75) is 27.7 Å². The molecule has 0 radical (unpaired) electrons. The van der Waals surface area contributed by atoms with Crippen LogP contribution in [0.1, 0.15) is 27.7 Å². The lowest BCUT2D eigenvalue weighted by Gasteiger charge is -2.21. The summed E-state index contributed by atoms with van der Waals surface area (Å²) in [5, 5.41) is 3.13. The summed E-state index contributed by atoms with van der Waals surface area (Å²) in [5.41, 5.74) is -1.95. The van der Waals surface area contributed by atoms with Crippen LogP contribution in [0.2, 0.25) is 0 Å². The predicted octanol–water partition coefficient (Wildman–Crippen LogP) is 3.27. The summed E-state index contributed by atoms with van der Waals surface area (Å²) in [6.07, 6.45) is 1.68. The minimum Gasteiger partial charge on any atom is -0.327 e. The number of nitrogens with zero attached hydrogens (tertiary/aromatic N) is 1. The van der Waals surface area contributed by atoms with Crippen LogP contribution >= 0.6 is 17.0 Å². The van der Waals surface area contributed by atoms with Gasteiger partial charge in [-0.15, -0.1) is 0 Å². The van der Waals surface area contributed by atoms with E-state index in [0.29, 0.717) is 12.5 Å². The molecule has 0 saturated heterocycles. The fraction of sp³-hybridized carbons (Fsp3) is 0.889. The van der Waals surface area contributed by atoms with Gasteiger partial charge in [-0.3, -0.25) is 4.99 Å². The molecule has 0 aliphatic rings. The van der Waals surface area contributed by atoms with Crippen molar-refractivity contribution in [1.29, 1.82) is 0 Å². The smallest absolute Gasteiger partial charge is 0.211 e. The predicted molar refractivity (Wildman–Crippen MR) is 75.4 cm³/mol. The van der Waals surface area contributed by atoms with Crippen LogP contribution in [0.3, 0.4) is 0 Å². The molecule has 0 aromatic heterocycles. The van der Waals surface area contributed by atoms with Crippen LogP contribution in [0.15, 0.2) is 4.99 Å². The first-order valence-corrected chi connectivity index (χ1v) is 9.50. The van der Waals surface area contributed by atoms with Crippen molar-refractivity contribution in [3.8, 4) is 0 Å². The maximum atomic E-state index is 5.61. The molecule has 0 rings (SSSR count). The second kappa shape index (κ2) is 8.57. The van der Waals surface area contributed by atoms with E-state index in [9.17, 15) is 0 Å². The molecule has 0 saturated carbocycles. The van der Waals surface area contributed by atoms with Crippen molar-refractivity contribution < 1.29 is 4.52 Å². The lowest BCUT2D eigenvalue weighted by molar-refractivity contribution is 0.383. The van der Waals surface area contributed by atoms with Gasteiger partial charge >= 0.3 is 0 Å². The molecular formula is C9H21N2OPS2. The van der Waals surface area contributed by atoms with Gasteiger partial charge in [-0.2, -0.15) is 0 Å². The quantitative estimate of drug-likeness (QED) is 0.416. The number of rotatable bonds is 8. The van der Waals surface area contributed by atoms with Gasteiger partial charge in [-0.1, -0.05) is 25.2 Å². The SMILES string of the molecule is CC/N=C/NP(=S)(OCC)SCC(C)C. The molecule has 15 heavy (non-hydrogen) atoms. The Labute approximate surface area is 102 Å². The van der Waals surface area contributed by atoms with Crippen LogP contribution in [-0.2, 0) is 16.3 Å². The third-order valence-electron chi connectivity index (χ3n) is 1.37. The molecule has 90 valence electrons. The Hall–Kier alpha value is 0.430. The maximum Gasteiger partial charge on any atom is 0.211 e. The molecule has 0 heterocycles. The molecule has 0 amide bonds. The van der Waals surface area contributed by atoms with Gasteiger partial charge in [0, 0.05) is 12.3 Å². The van der Waals surface area contributed by atoms with Gasteiger partial charge < -0.3 is 9.61 Å². The zero-order valence-corrected chi connectivity index (χ0v) is 12.4. The fourth-order valence-electron chi connectivity index (χ4n) is 0.732. The molecule has 0 aliphatic heterocycles. The van der Waals surface area contributed by atoms with Crippen LogP contribution in [0.4, 0.5) is 0 Å². The largest absolute Gasteiger partial charge is 0.327 e. The highest BCUT2D eigenvalue weighted by Gasteiger charge is 2.16. The van der Waals surface area contributed by atoms with Crippen LogP contribution in [0.5, 0.6) is 0 Å². The molecule has 3 nitrogen and oxygen atoms in total. The summed E-state index contributed by atoms with van der Waals surface area (Å²) in [5.74, 6) is 1.65. The monoisotopic (exact) mass is 268 g/mol. The molecule has 0 bridgehead atoms. The van der Waals surface area contributed by atoms with Crippen molar-refractivity contribution in [2.75, 3.05) is 18.9 Å². The van der Waals surface area contributed by atoms with E-state index in [-0.39, 0.29) is 0 Å². The first-order valence-electron chi connectivity index (χ1n) is 5.19. The summed E-state index contributed by atoms with van der Waals surface area (Å²) in [4.78, 5) is 4.10. The number of nitrogens with one attached hydrogen (secondary N) is 1. The number of aliphatic imine (C=N–C) groups is 1. The molecule has 0 fully saturated rings. The second-order valence-electron chi connectivity index (χ2n) is 3.36. The Bertz CT molecular complexity index is 234. The van der Waals surface area contributed by atoms with Crippen LogP contribution in [0, 0.1) is 5.92 Å². The first-order chi connectivity index (χ1) is 7.04. The molecule has 6 heteroatoms. The third-order valence-corrected chi connectivity index (χ3v) is 7.23. The Morgan fingerprint density at radius 1 is 1.53 bits per heavy atom. The third kappa shape index (κ3) is 8.26. The van der Waals surface area contributed by atoms with Crippen molar-refractivity contribution >= 4 is 35.1 Å². The maximum absolute atomic E-state index is 5.61. The first kappa shape index (κ1) is 15.4. The Balaban J connectivity index is 4.18. The van der Waals surface area contributed by atoms with Gasteiger partial charge in [0.15, 0.2) is 0 Å². The van der Waals surface area contributed by atoms with Gasteiger partial charge in [-0.05, 0) is 31.6 Å². The van der Waals surface area contributed by atoms with Crippen molar-refractivity contribution in [2.24, 2.45) is 10.9 Å². The van der Waals surface area contributed by atoms with E-state index in [1.807, 2.05) is 13.8 Å². The highest BCUT2D eigenvalue weighted by Crippen LogP contribution is 2.56. The van der Waals surface area contributed by atoms with E-state index in [2.05, 4.69) is 23.9 Å². The van der Waals surface area contributed by atoms with Crippen LogP contribution in [0.25, 0.3) is 0 Å². The van der Waals surface area contributed by atoms with Crippen LogP contribution in [-0.4, -0.2) is 25.2 Å². The van der Waals surface area contributed by atoms with Gasteiger partial charge in [-0.25, -0.2) is 0 Å². The minimum absolute atomic E-state index is 0.627. The van der Waals surface area contributed by atoms with E-state index >= 15 is 0 Å². The molecule has 0 aromatic rings. The molecule has 0 spiro atoms. The van der Waals surface area contributed by atoms with E-state index in [1.54, 1.807) is 17.7 Å². The second-order valence-corrected chi connectivity index (χ2v) is 10.0. The molecule has 1 N–H and O–H groups in total. The van der Waals surface area contributed by atoms with Crippen LogP contribution < -0.4 is 5.09 Å². The van der Waals surface area contributed by atoms with E-state index in [0.717, 1.165) is 12.3 Å². The van der Waals surface area contributed by atoms with Crippen molar-refractivity contribution in [3.05, 3.63) is 0 Å². The molecule has 1 unspecified atom stereocenters. The van der Waals surface area contributed by atoms with Crippen molar-refractivity contribution in [3.63, 3.8) is 0 Å². The van der Waals surface area contributed by atoms with Gasteiger partial charge in [0.25, 0.3) is 0 Å². The average molecular weight is 268 g/mol. The minimum atomic E-state index is -1.95. The number of hydrogen-bond donors (Lipinski definition) is 1. The highest BCUT2D eigenvalue weighted by molar-refractivity contribution is 8.68. The molecule has 1 atom stereocenters. The topological polar surface area (TPSA) is 33.6 Å². The van der Waals surface area contributed by atoms with E-state index in [1.165, 1.54) is 0 Å². The van der Waals surface area contributed by atoms with Gasteiger partial charge in [0.2, 0.25) is 5.62 Å². The Morgan fingerprint density at radius 2 is 2.20 bits per heavy atom. The lowest BCUT2D eigenvalue weighted by Crippen LogP contribution is -2.09. The summed E-state index contributed by atoms with van der Waals surface area (Å²) in [6.45, 7) is 9.73. The average Bonchev–Trinajstić information content (AvgIpc) is 2.16. The normalized spacial score (nSPS) is 15.8.